The fraction of sp³-hybridized carbons (Fsp3) is 0.385. The van der Waals surface area contributed by atoms with Gasteiger partial charge in [0.15, 0.2) is 0 Å². The molecule has 19 heavy (non-hydrogen) atoms. The number of hydrogen-bond donors (Lipinski definition) is 2. The van der Waals surface area contributed by atoms with E-state index in [0.717, 1.165) is 16.3 Å². The number of carbonyl (C=O) groups is 2. The SMILES string of the molecule is CN1C2CC(=O)NC(=O)C1C2.Sc1ccc(Cl)cc1. The Morgan fingerprint density at radius 1 is 1.32 bits per heavy atom. The number of carbonyl (C=O) groups excluding carboxylic acids is 2. The lowest BCUT2D eigenvalue weighted by atomic mass is 9.93. The lowest BCUT2D eigenvalue weighted by molar-refractivity contribution is -0.132. The van der Waals surface area contributed by atoms with E-state index in [1.165, 1.54) is 0 Å². The highest BCUT2D eigenvalue weighted by Crippen LogP contribution is 2.28. The summed E-state index contributed by atoms with van der Waals surface area (Å²) in [7, 11) is 1.89. The molecule has 4 nitrogen and oxygen atoms in total. The molecule has 1 N–H and O–H groups in total. The van der Waals surface area contributed by atoms with E-state index in [1.807, 2.05) is 36.2 Å². The van der Waals surface area contributed by atoms with Gasteiger partial charge in [0, 0.05) is 22.4 Å². The number of benzene rings is 1. The number of nitrogens with one attached hydrogen (secondary N) is 1. The van der Waals surface area contributed by atoms with Crippen LogP contribution >= 0.6 is 24.2 Å². The van der Waals surface area contributed by atoms with Crippen molar-refractivity contribution < 1.29 is 9.59 Å². The summed E-state index contributed by atoms with van der Waals surface area (Å²) in [6.07, 6.45) is 1.31. The average Bonchev–Trinajstić information content (AvgIpc) is 2.58. The first kappa shape index (κ1) is 14.4. The molecule has 2 atom stereocenters. The number of nitrogens with zero attached hydrogens (tertiary/aromatic N) is 1. The standard InChI is InChI=1S/C7H10N2O2.C6H5ClS/c1-9-4-2-5(9)7(11)8-6(10)3-4;7-5-1-3-6(8)4-2-5/h4-5H,2-3H2,1H3,(H,8,10,11);1-4,8H. The van der Waals surface area contributed by atoms with Crippen molar-refractivity contribution in [3.05, 3.63) is 29.3 Å². The van der Waals surface area contributed by atoms with Crippen molar-refractivity contribution in [2.75, 3.05) is 7.05 Å². The van der Waals surface area contributed by atoms with Gasteiger partial charge in [0.1, 0.15) is 0 Å². The molecular formula is C13H15ClN2O2S. The summed E-state index contributed by atoms with van der Waals surface area (Å²) >= 11 is 9.65. The van der Waals surface area contributed by atoms with E-state index >= 15 is 0 Å². The maximum Gasteiger partial charge on any atom is 0.243 e. The summed E-state index contributed by atoms with van der Waals surface area (Å²) in [5.41, 5.74) is 0. The van der Waals surface area contributed by atoms with Crippen molar-refractivity contribution in [3.8, 4) is 0 Å². The lowest BCUT2D eigenvalue weighted by Crippen LogP contribution is -2.56. The van der Waals surface area contributed by atoms with Crippen LogP contribution in [0.25, 0.3) is 0 Å². The van der Waals surface area contributed by atoms with E-state index in [9.17, 15) is 9.59 Å². The summed E-state index contributed by atoms with van der Waals surface area (Å²) in [5.74, 6) is -0.266. The average molecular weight is 299 g/mol. The van der Waals surface area contributed by atoms with Crippen LogP contribution in [0.5, 0.6) is 0 Å². The number of fused-ring (bicyclic) bond motifs is 3. The molecule has 0 aliphatic carbocycles. The minimum Gasteiger partial charge on any atom is -0.295 e. The molecule has 3 heterocycles. The number of hydrogen-bond acceptors (Lipinski definition) is 4. The van der Waals surface area contributed by atoms with E-state index in [1.54, 1.807) is 0 Å². The number of likely N-dealkylation sites (N-methyl/N-ethyl adjacent to an activating group) is 1. The molecule has 1 aromatic carbocycles. The molecule has 0 radical (unpaired) electrons. The predicted molar refractivity (Wildman–Crippen MR) is 76.4 cm³/mol. The van der Waals surface area contributed by atoms with E-state index in [0.29, 0.717) is 12.5 Å². The zero-order chi connectivity index (χ0) is 14.0. The van der Waals surface area contributed by atoms with E-state index in [4.69, 9.17) is 11.6 Å². The quantitative estimate of drug-likeness (QED) is 0.566. The largest absolute Gasteiger partial charge is 0.295 e. The summed E-state index contributed by atoms with van der Waals surface area (Å²) < 4.78 is 0. The van der Waals surface area contributed by atoms with Crippen LogP contribution in [0.1, 0.15) is 12.8 Å². The summed E-state index contributed by atoms with van der Waals surface area (Å²) in [4.78, 5) is 24.9. The van der Waals surface area contributed by atoms with Gasteiger partial charge in [-0.15, -0.1) is 12.6 Å². The second-order valence-electron chi connectivity index (χ2n) is 4.66. The maximum atomic E-state index is 11.1. The van der Waals surface area contributed by atoms with Gasteiger partial charge in [0.05, 0.1) is 6.04 Å². The van der Waals surface area contributed by atoms with Crippen LogP contribution in [0, 0.1) is 0 Å². The molecule has 1 aromatic rings. The van der Waals surface area contributed by atoms with Gasteiger partial charge in [-0.1, -0.05) is 11.6 Å². The predicted octanol–water partition coefficient (Wildman–Crippen LogP) is 1.73. The third-order valence-corrected chi connectivity index (χ3v) is 3.93. The third-order valence-electron chi connectivity index (χ3n) is 3.38. The Morgan fingerprint density at radius 2 is 1.95 bits per heavy atom. The Kier molecular flexibility index (Phi) is 4.50. The zero-order valence-electron chi connectivity index (χ0n) is 10.5. The second kappa shape index (κ2) is 5.94. The Bertz CT molecular complexity index is 471. The number of halogens is 1. The Balaban J connectivity index is 0.000000148. The molecule has 2 bridgehead atoms. The minimum atomic E-state index is -0.133. The van der Waals surface area contributed by atoms with Crippen molar-refractivity contribution in [2.24, 2.45) is 0 Å². The van der Waals surface area contributed by atoms with Gasteiger partial charge >= 0.3 is 0 Å². The number of imide groups is 1. The first-order valence-electron chi connectivity index (χ1n) is 5.97. The van der Waals surface area contributed by atoms with Gasteiger partial charge in [-0.05, 0) is 37.7 Å². The lowest BCUT2D eigenvalue weighted by Gasteiger charge is -2.41. The molecule has 0 saturated carbocycles. The Morgan fingerprint density at radius 3 is 2.47 bits per heavy atom. The molecule has 0 aromatic heterocycles. The number of amides is 2. The summed E-state index contributed by atoms with van der Waals surface area (Å²) in [5, 5.41) is 3.10. The first-order chi connectivity index (χ1) is 8.97. The van der Waals surface area contributed by atoms with Gasteiger partial charge < -0.3 is 0 Å². The van der Waals surface area contributed by atoms with Gasteiger partial charge in [-0.25, -0.2) is 0 Å². The van der Waals surface area contributed by atoms with Crippen LogP contribution < -0.4 is 5.32 Å². The summed E-state index contributed by atoms with van der Waals surface area (Å²) in [6, 6.07) is 7.57. The molecule has 3 saturated heterocycles. The third kappa shape index (κ3) is 3.49. The van der Waals surface area contributed by atoms with E-state index in [-0.39, 0.29) is 17.9 Å². The van der Waals surface area contributed by atoms with Crippen molar-refractivity contribution in [1.29, 1.82) is 0 Å². The van der Waals surface area contributed by atoms with E-state index < -0.39 is 0 Å². The smallest absolute Gasteiger partial charge is 0.243 e. The normalized spacial score (nSPS) is 25.6. The molecule has 102 valence electrons. The highest BCUT2D eigenvalue weighted by Gasteiger charge is 2.44. The van der Waals surface area contributed by atoms with Crippen LogP contribution in [0.15, 0.2) is 29.2 Å². The van der Waals surface area contributed by atoms with Crippen molar-refractivity contribution >= 4 is 36.0 Å². The van der Waals surface area contributed by atoms with Crippen LogP contribution in [0.4, 0.5) is 0 Å². The molecule has 2 amide bonds. The fourth-order valence-electron chi connectivity index (χ4n) is 2.15. The molecule has 3 fully saturated rings. The maximum absolute atomic E-state index is 11.1. The van der Waals surface area contributed by atoms with Crippen LogP contribution in [-0.4, -0.2) is 35.8 Å². The summed E-state index contributed by atoms with van der Waals surface area (Å²) in [6.45, 7) is 0. The number of thiol groups is 1. The number of rotatable bonds is 0. The highest BCUT2D eigenvalue weighted by molar-refractivity contribution is 7.80. The molecule has 2 unspecified atom stereocenters. The molecule has 3 aliphatic heterocycles. The van der Waals surface area contributed by atoms with Gasteiger partial charge in [0.2, 0.25) is 11.8 Å². The molecule has 6 heteroatoms. The molecule has 3 aliphatic rings. The van der Waals surface area contributed by atoms with Crippen LogP contribution in [0.3, 0.4) is 0 Å². The second-order valence-corrected chi connectivity index (χ2v) is 5.62. The monoisotopic (exact) mass is 298 g/mol. The Labute approximate surface area is 122 Å². The van der Waals surface area contributed by atoms with Crippen molar-refractivity contribution in [1.82, 2.24) is 10.2 Å². The van der Waals surface area contributed by atoms with Crippen molar-refractivity contribution in [2.45, 2.75) is 29.8 Å². The Hall–Kier alpha value is -1.04. The molecular weight excluding hydrogens is 284 g/mol. The van der Waals surface area contributed by atoms with Gasteiger partial charge in [0.25, 0.3) is 0 Å². The van der Waals surface area contributed by atoms with Crippen molar-refractivity contribution in [3.63, 3.8) is 0 Å². The molecule has 4 rings (SSSR count). The van der Waals surface area contributed by atoms with Gasteiger partial charge in [-0.3, -0.25) is 19.8 Å². The zero-order valence-corrected chi connectivity index (χ0v) is 12.1. The first-order valence-corrected chi connectivity index (χ1v) is 6.80. The molecule has 0 spiro atoms. The minimum absolute atomic E-state index is 0.0496. The fourth-order valence-corrected chi connectivity index (χ4v) is 2.43. The van der Waals surface area contributed by atoms with Gasteiger partial charge in [-0.2, -0.15) is 0 Å². The van der Waals surface area contributed by atoms with Crippen LogP contribution in [0.2, 0.25) is 5.02 Å². The highest BCUT2D eigenvalue weighted by atomic mass is 35.5. The van der Waals surface area contributed by atoms with Crippen LogP contribution in [-0.2, 0) is 9.59 Å². The topological polar surface area (TPSA) is 49.4 Å². The van der Waals surface area contributed by atoms with E-state index in [2.05, 4.69) is 17.9 Å².